The summed E-state index contributed by atoms with van der Waals surface area (Å²) in [5, 5.41) is 0. The van der Waals surface area contributed by atoms with Crippen LogP contribution in [0.4, 0.5) is 0 Å². The van der Waals surface area contributed by atoms with Crippen molar-refractivity contribution in [1.29, 1.82) is 0 Å². The fourth-order valence-corrected chi connectivity index (χ4v) is 1.92. The molecule has 3 heteroatoms. The zero-order valence-corrected chi connectivity index (χ0v) is 9.56. The van der Waals surface area contributed by atoms with Crippen molar-refractivity contribution in [2.45, 2.75) is 26.3 Å². The van der Waals surface area contributed by atoms with E-state index in [-0.39, 0.29) is 0 Å². The minimum absolute atomic E-state index is 0.514. The molecule has 0 bridgehead atoms. The summed E-state index contributed by atoms with van der Waals surface area (Å²) in [5.74, 6) is 0. The highest BCUT2D eigenvalue weighted by Gasteiger charge is 2.06. The summed E-state index contributed by atoms with van der Waals surface area (Å²) < 4.78 is 2.07. The molecule has 0 aliphatic rings. The van der Waals surface area contributed by atoms with Gasteiger partial charge in [-0.2, -0.15) is 0 Å². The maximum absolute atomic E-state index is 5.70. The number of benzene rings is 1. The Kier molecular flexibility index (Phi) is 3.37. The van der Waals surface area contributed by atoms with E-state index in [1.54, 1.807) is 0 Å². The van der Waals surface area contributed by atoms with Crippen LogP contribution in [-0.2, 0) is 13.0 Å². The van der Waals surface area contributed by atoms with Gasteiger partial charge < -0.3 is 10.3 Å². The van der Waals surface area contributed by atoms with Crippen molar-refractivity contribution in [3.05, 3.63) is 48.0 Å². The Morgan fingerprint density at radius 3 is 2.88 bits per heavy atom. The number of aromatic nitrogens is 2. The topological polar surface area (TPSA) is 43.8 Å². The van der Waals surface area contributed by atoms with E-state index in [0.29, 0.717) is 6.54 Å². The van der Waals surface area contributed by atoms with Gasteiger partial charge in [0.15, 0.2) is 0 Å². The van der Waals surface area contributed by atoms with E-state index in [9.17, 15) is 0 Å². The van der Waals surface area contributed by atoms with Crippen LogP contribution in [0.15, 0.2) is 36.8 Å². The number of imidazole rings is 1. The number of hydrogen-bond donors (Lipinski definition) is 1. The summed E-state index contributed by atoms with van der Waals surface area (Å²) >= 11 is 0. The number of nitrogens with zero attached hydrogens (tertiary/aromatic N) is 2. The molecule has 1 aromatic heterocycles. The van der Waals surface area contributed by atoms with E-state index >= 15 is 0 Å². The average molecular weight is 215 g/mol. The molecule has 2 N–H and O–H groups in total. The minimum atomic E-state index is 0.514. The first-order valence-electron chi connectivity index (χ1n) is 5.66. The van der Waals surface area contributed by atoms with E-state index in [4.69, 9.17) is 5.73 Å². The maximum atomic E-state index is 5.70. The molecule has 0 aliphatic carbocycles. The van der Waals surface area contributed by atoms with Gasteiger partial charge in [-0.3, -0.25) is 0 Å². The third-order valence-corrected chi connectivity index (χ3v) is 2.69. The SMILES string of the molecule is CCCc1ccccc1-n1cncc1CN. The second kappa shape index (κ2) is 4.94. The lowest BCUT2D eigenvalue weighted by Gasteiger charge is -2.11. The lowest BCUT2D eigenvalue weighted by atomic mass is 10.1. The van der Waals surface area contributed by atoms with Crippen molar-refractivity contribution in [3.63, 3.8) is 0 Å². The molecule has 2 rings (SSSR count). The molecule has 1 heterocycles. The predicted molar refractivity (Wildman–Crippen MR) is 65.5 cm³/mol. The molecule has 0 atom stereocenters. The van der Waals surface area contributed by atoms with Gasteiger partial charge in [-0.05, 0) is 18.1 Å². The van der Waals surface area contributed by atoms with Crippen LogP contribution in [0.2, 0.25) is 0 Å². The van der Waals surface area contributed by atoms with E-state index in [1.807, 2.05) is 12.5 Å². The molecule has 0 saturated heterocycles. The number of nitrogens with two attached hydrogens (primary N) is 1. The smallest absolute Gasteiger partial charge is 0.0994 e. The molecular formula is C13H17N3. The Labute approximate surface area is 95.9 Å². The van der Waals surface area contributed by atoms with Crippen molar-refractivity contribution in [2.24, 2.45) is 5.73 Å². The molecule has 0 saturated carbocycles. The highest BCUT2D eigenvalue weighted by Crippen LogP contribution is 2.17. The van der Waals surface area contributed by atoms with Crippen LogP contribution in [0.3, 0.4) is 0 Å². The molecule has 0 spiro atoms. The maximum Gasteiger partial charge on any atom is 0.0994 e. The third-order valence-electron chi connectivity index (χ3n) is 2.69. The first-order valence-corrected chi connectivity index (χ1v) is 5.66. The zero-order chi connectivity index (χ0) is 11.4. The minimum Gasteiger partial charge on any atom is -0.325 e. The monoisotopic (exact) mass is 215 g/mol. The summed E-state index contributed by atoms with van der Waals surface area (Å²) in [6.45, 7) is 2.70. The Bertz CT molecular complexity index is 460. The fourth-order valence-electron chi connectivity index (χ4n) is 1.92. The summed E-state index contributed by atoms with van der Waals surface area (Å²) in [7, 11) is 0. The Balaban J connectivity index is 2.46. The molecule has 84 valence electrons. The van der Waals surface area contributed by atoms with Crippen molar-refractivity contribution in [3.8, 4) is 5.69 Å². The second-order valence-corrected chi connectivity index (χ2v) is 3.84. The lowest BCUT2D eigenvalue weighted by Crippen LogP contribution is -2.06. The van der Waals surface area contributed by atoms with Crippen molar-refractivity contribution in [1.82, 2.24) is 9.55 Å². The number of para-hydroxylation sites is 1. The highest BCUT2D eigenvalue weighted by atomic mass is 15.1. The molecule has 0 radical (unpaired) electrons. The molecule has 0 amide bonds. The standard InChI is InChI=1S/C13H17N3/c1-2-5-11-6-3-4-7-13(11)16-10-15-9-12(16)8-14/h3-4,6-7,9-10H,2,5,8,14H2,1H3. The molecule has 1 aromatic carbocycles. The van der Waals surface area contributed by atoms with Gasteiger partial charge in [0.05, 0.1) is 12.0 Å². The number of hydrogen-bond acceptors (Lipinski definition) is 2. The van der Waals surface area contributed by atoms with Crippen LogP contribution in [0, 0.1) is 0 Å². The molecule has 0 fully saturated rings. The van der Waals surface area contributed by atoms with Crippen LogP contribution in [0.25, 0.3) is 5.69 Å². The number of rotatable bonds is 4. The van der Waals surface area contributed by atoms with Crippen LogP contribution in [0.5, 0.6) is 0 Å². The second-order valence-electron chi connectivity index (χ2n) is 3.84. The Morgan fingerprint density at radius 1 is 1.31 bits per heavy atom. The summed E-state index contributed by atoms with van der Waals surface area (Å²) in [5.41, 5.74) is 9.28. The fraction of sp³-hybridized carbons (Fsp3) is 0.308. The quantitative estimate of drug-likeness (QED) is 0.850. The average Bonchev–Trinajstić information content (AvgIpc) is 2.78. The largest absolute Gasteiger partial charge is 0.325 e. The molecule has 3 nitrogen and oxygen atoms in total. The molecule has 0 unspecified atom stereocenters. The van der Waals surface area contributed by atoms with E-state index in [0.717, 1.165) is 18.5 Å². The molecular weight excluding hydrogens is 198 g/mol. The van der Waals surface area contributed by atoms with Crippen LogP contribution in [0.1, 0.15) is 24.6 Å². The normalized spacial score (nSPS) is 10.6. The van der Waals surface area contributed by atoms with Crippen molar-refractivity contribution in [2.75, 3.05) is 0 Å². The summed E-state index contributed by atoms with van der Waals surface area (Å²) in [6.07, 6.45) is 5.88. The van der Waals surface area contributed by atoms with Gasteiger partial charge in [0.2, 0.25) is 0 Å². The number of aryl methyl sites for hydroxylation is 1. The van der Waals surface area contributed by atoms with Crippen molar-refractivity contribution >= 4 is 0 Å². The lowest BCUT2D eigenvalue weighted by molar-refractivity contribution is 0.866. The van der Waals surface area contributed by atoms with Gasteiger partial charge in [-0.15, -0.1) is 0 Å². The Hall–Kier alpha value is -1.61. The molecule has 0 aliphatic heterocycles. The highest BCUT2D eigenvalue weighted by molar-refractivity contribution is 5.42. The van der Waals surface area contributed by atoms with E-state index in [2.05, 4.69) is 40.7 Å². The predicted octanol–water partition coefficient (Wildman–Crippen LogP) is 2.28. The first kappa shape index (κ1) is 10.9. The third kappa shape index (κ3) is 1.99. The van der Waals surface area contributed by atoms with Gasteiger partial charge in [0, 0.05) is 18.4 Å². The van der Waals surface area contributed by atoms with Crippen LogP contribution >= 0.6 is 0 Å². The first-order chi connectivity index (χ1) is 7.86. The van der Waals surface area contributed by atoms with Gasteiger partial charge in [0.1, 0.15) is 0 Å². The van der Waals surface area contributed by atoms with Gasteiger partial charge >= 0.3 is 0 Å². The van der Waals surface area contributed by atoms with E-state index in [1.165, 1.54) is 11.3 Å². The van der Waals surface area contributed by atoms with Crippen LogP contribution < -0.4 is 5.73 Å². The zero-order valence-electron chi connectivity index (χ0n) is 9.56. The van der Waals surface area contributed by atoms with Gasteiger partial charge in [0.25, 0.3) is 0 Å². The molecule has 2 aromatic rings. The van der Waals surface area contributed by atoms with Gasteiger partial charge in [-0.25, -0.2) is 4.98 Å². The van der Waals surface area contributed by atoms with Crippen molar-refractivity contribution < 1.29 is 0 Å². The van der Waals surface area contributed by atoms with Crippen LogP contribution in [-0.4, -0.2) is 9.55 Å². The van der Waals surface area contributed by atoms with E-state index < -0.39 is 0 Å². The summed E-state index contributed by atoms with van der Waals surface area (Å²) in [4.78, 5) is 4.15. The molecule has 16 heavy (non-hydrogen) atoms. The summed E-state index contributed by atoms with van der Waals surface area (Å²) in [6, 6.07) is 8.41. The Morgan fingerprint density at radius 2 is 2.12 bits per heavy atom. The van der Waals surface area contributed by atoms with Gasteiger partial charge in [-0.1, -0.05) is 31.5 Å².